The molecule has 14 nitrogen and oxygen atoms in total. The summed E-state index contributed by atoms with van der Waals surface area (Å²) in [5.74, 6) is 0.551. The Bertz CT molecular complexity index is 2560. The molecule has 2 aliphatic rings. The normalized spacial score (nSPS) is 15.7. The van der Waals surface area contributed by atoms with Crippen molar-refractivity contribution in [1.29, 1.82) is 0 Å². The number of fused-ring (bicyclic) bond motifs is 1. The number of nitrogens with zero attached hydrogens (tertiary/aromatic N) is 4. The molecule has 2 fully saturated rings. The first kappa shape index (κ1) is 42.7. The number of ether oxygens (including phenoxy) is 1. The highest BCUT2D eigenvalue weighted by Crippen LogP contribution is 2.34. The van der Waals surface area contributed by atoms with E-state index in [-0.39, 0.29) is 29.7 Å². The first-order valence-electron chi connectivity index (χ1n) is 21.6. The molecule has 6 aromatic rings. The van der Waals surface area contributed by atoms with Crippen molar-refractivity contribution in [3.05, 3.63) is 121 Å². The fraction of sp³-hybridized carbons (Fsp3) is 0.333. The summed E-state index contributed by atoms with van der Waals surface area (Å²) in [6, 6.07) is 27.3. The molecule has 326 valence electrons. The van der Waals surface area contributed by atoms with E-state index < -0.39 is 30.1 Å². The standard InChI is InChI=1S/C48H52FN9O5/c1-3-38(55-48(62)63-2)45(59)57-24-9-12-41(57)44-51-29-39(54-44)31-16-14-30(15-17-31)33-18-19-35-27-36(21-20-34(35)26-33)40-28-50-42(53-40)13-7-8-25-58(49)46(60)43(32-10-5-4-6-11-32)56-47(61)52-37-22-23-37/h4-6,10-11,14-21,26-29,37-38,41,43H,3,7-9,12-13,22-25H2,1-2H3,(H,50,53)(H,51,54)(H,55,62)(H2,52,56,61). The van der Waals surface area contributed by atoms with Crippen molar-refractivity contribution < 1.29 is 28.4 Å². The number of rotatable bonds is 16. The Morgan fingerprint density at radius 2 is 1.51 bits per heavy atom. The predicted octanol–water partition coefficient (Wildman–Crippen LogP) is 8.32. The fourth-order valence-corrected chi connectivity index (χ4v) is 8.09. The summed E-state index contributed by atoms with van der Waals surface area (Å²) in [6.07, 6.45) is 8.48. The zero-order chi connectivity index (χ0) is 43.9. The average molecular weight is 854 g/mol. The number of aromatic nitrogens is 4. The fourth-order valence-electron chi connectivity index (χ4n) is 8.09. The van der Waals surface area contributed by atoms with Crippen LogP contribution in [0, 0.1) is 0 Å². The van der Waals surface area contributed by atoms with Crippen molar-refractivity contribution in [3.63, 3.8) is 0 Å². The van der Waals surface area contributed by atoms with Crippen molar-refractivity contribution in [1.82, 2.24) is 45.9 Å². The third-order valence-electron chi connectivity index (χ3n) is 11.8. The maximum atomic E-state index is 15.1. The van der Waals surface area contributed by atoms with Gasteiger partial charge in [0, 0.05) is 24.6 Å². The Labute approximate surface area is 365 Å². The van der Waals surface area contributed by atoms with Crippen LogP contribution >= 0.6 is 0 Å². The lowest BCUT2D eigenvalue weighted by molar-refractivity contribution is -0.149. The van der Waals surface area contributed by atoms with Crippen LogP contribution in [0.5, 0.6) is 0 Å². The predicted molar refractivity (Wildman–Crippen MR) is 237 cm³/mol. The quantitative estimate of drug-likeness (QED) is 0.0480. The molecule has 1 aliphatic heterocycles. The number of methoxy groups -OCH3 is 1. The number of imidazole rings is 2. The monoisotopic (exact) mass is 853 g/mol. The van der Waals surface area contributed by atoms with Gasteiger partial charge in [-0.05, 0) is 90.1 Å². The van der Waals surface area contributed by atoms with Gasteiger partial charge in [0.1, 0.15) is 23.7 Å². The van der Waals surface area contributed by atoms with Crippen molar-refractivity contribution in [3.8, 4) is 33.6 Å². The second kappa shape index (κ2) is 19.3. The summed E-state index contributed by atoms with van der Waals surface area (Å²) in [4.78, 5) is 68.6. The minimum absolute atomic E-state index is 0.104. The lowest BCUT2D eigenvalue weighted by atomic mass is 9.98. The van der Waals surface area contributed by atoms with Crippen LogP contribution in [0.2, 0.25) is 0 Å². The lowest BCUT2D eigenvalue weighted by Gasteiger charge is -2.27. The Hall–Kier alpha value is -7.03. The number of carbonyl (C=O) groups excluding carboxylic acids is 4. The highest BCUT2D eigenvalue weighted by molar-refractivity contribution is 5.91. The van der Waals surface area contributed by atoms with E-state index in [1.54, 1.807) is 47.6 Å². The molecule has 1 saturated heterocycles. The van der Waals surface area contributed by atoms with Crippen LogP contribution in [0.25, 0.3) is 44.4 Å². The number of halogens is 1. The Balaban J connectivity index is 0.844. The van der Waals surface area contributed by atoms with Crippen LogP contribution in [0.15, 0.2) is 103 Å². The van der Waals surface area contributed by atoms with E-state index >= 15 is 4.48 Å². The molecule has 63 heavy (non-hydrogen) atoms. The first-order valence-corrected chi connectivity index (χ1v) is 21.6. The zero-order valence-corrected chi connectivity index (χ0v) is 35.4. The number of alkyl carbamates (subject to hydrolysis) is 1. The van der Waals surface area contributed by atoms with Crippen LogP contribution in [-0.4, -0.2) is 86.2 Å². The summed E-state index contributed by atoms with van der Waals surface area (Å²) in [5, 5.41) is 10.5. The molecular formula is C48H52FN9O5. The SMILES string of the molecule is CCC(NC(=O)OC)C(=O)N1CCCC1c1ncc(-c2ccc(-c3ccc4cc(-c5cnc(CCCCN(F)C(=O)C(NC(=O)NC6CC6)c6ccccc6)[nH]5)ccc4c3)cc2)[nH]1. The van der Waals surface area contributed by atoms with Gasteiger partial charge in [-0.15, -0.1) is 0 Å². The number of hydrogen-bond acceptors (Lipinski definition) is 7. The second-order valence-electron chi connectivity index (χ2n) is 16.2. The third kappa shape index (κ3) is 10.2. The highest BCUT2D eigenvalue weighted by Gasteiger charge is 2.36. The molecule has 8 rings (SSSR count). The van der Waals surface area contributed by atoms with E-state index in [2.05, 4.69) is 96.5 Å². The minimum atomic E-state index is -1.12. The number of unbranched alkanes of at least 4 members (excludes halogenated alkanes) is 1. The van der Waals surface area contributed by atoms with Gasteiger partial charge in [0.2, 0.25) is 5.91 Å². The van der Waals surface area contributed by atoms with Gasteiger partial charge in [-0.3, -0.25) is 9.59 Å². The molecule has 3 heterocycles. The van der Waals surface area contributed by atoms with Gasteiger partial charge in [-0.2, -0.15) is 5.12 Å². The van der Waals surface area contributed by atoms with Gasteiger partial charge in [0.15, 0.2) is 0 Å². The third-order valence-corrected chi connectivity index (χ3v) is 11.8. The number of hydrogen-bond donors (Lipinski definition) is 5. The summed E-state index contributed by atoms with van der Waals surface area (Å²) in [6.45, 7) is 2.35. The zero-order valence-electron chi connectivity index (χ0n) is 35.4. The molecule has 2 aromatic heterocycles. The van der Waals surface area contributed by atoms with E-state index in [0.717, 1.165) is 81.7 Å². The summed E-state index contributed by atoms with van der Waals surface area (Å²) in [7, 11) is 1.28. The number of benzene rings is 4. The molecule has 0 spiro atoms. The smallest absolute Gasteiger partial charge is 0.407 e. The Morgan fingerprint density at radius 1 is 0.825 bits per heavy atom. The van der Waals surface area contributed by atoms with Crippen LogP contribution in [-0.2, 0) is 20.7 Å². The number of aromatic amines is 2. The van der Waals surface area contributed by atoms with Gasteiger partial charge in [0.25, 0.3) is 5.91 Å². The van der Waals surface area contributed by atoms with Crippen LogP contribution in [0.3, 0.4) is 0 Å². The van der Waals surface area contributed by atoms with Gasteiger partial charge < -0.3 is 35.6 Å². The number of aryl methyl sites for hydroxylation is 1. The molecule has 5 N–H and O–H groups in total. The number of amides is 5. The van der Waals surface area contributed by atoms with Crippen molar-refractivity contribution in [2.75, 3.05) is 20.2 Å². The molecule has 4 aromatic carbocycles. The molecule has 1 aliphatic carbocycles. The van der Waals surface area contributed by atoms with Gasteiger partial charge in [0.05, 0.1) is 43.5 Å². The van der Waals surface area contributed by atoms with E-state index in [0.29, 0.717) is 37.8 Å². The Morgan fingerprint density at radius 3 is 2.24 bits per heavy atom. The number of urea groups is 1. The van der Waals surface area contributed by atoms with Gasteiger partial charge >= 0.3 is 12.1 Å². The lowest BCUT2D eigenvalue weighted by Crippen LogP contribution is -2.48. The van der Waals surface area contributed by atoms with Crippen LogP contribution in [0.1, 0.15) is 81.2 Å². The maximum Gasteiger partial charge on any atom is 0.407 e. The topological polar surface area (TPSA) is 177 Å². The number of nitrogens with one attached hydrogen (secondary N) is 5. The minimum Gasteiger partial charge on any atom is -0.453 e. The second-order valence-corrected chi connectivity index (χ2v) is 16.2. The number of H-pyrrole nitrogens is 2. The Kier molecular flexibility index (Phi) is 13.1. The summed E-state index contributed by atoms with van der Waals surface area (Å²) >= 11 is 0. The average Bonchev–Trinajstić information content (AvgIpc) is 3.65. The highest BCUT2D eigenvalue weighted by atomic mass is 19.2. The van der Waals surface area contributed by atoms with Gasteiger partial charge in [-0.25, -0.2) is 19.6 Å². The molecule has 1 saturated carbocycles. The first-order chi connectivity index (χ1) is 30.7. The van der Waals surface area contributed by atoms with Crippen molar-refractivity contribution in [2.24, 2.45) is 0 Å². The molecule has 15 heteroatoms. The van der Waals surface area contributed by atoms with E-state index in [1.165, 1.54) is 7.11 Å². The summed E-state index contributed by atoms with van der Waals surface area (Å²) < 4.78 is 19.8. The van der Waals surface area contributed by atoms with Gasteiger partial charge in [-0.1, -0.05) is 90.3 Å². The summed E-state index contributed by atoms with van der Waals surface area (Å²) in [5.41, 5.74) is 6.39. The molecular weight excluding hydrogens is 802 g/mol. The van der Waals surface area contributed by atoms with E-state index in [9.17, 15) is 19.2 Å². The van der Waals surface area contributed by atoms with Crippen molar-refractivity contribution in [2.45, 2.75) is 82.5 Å². The van der Waals surface area contributed by atoms with Crippen LogP contribution < -0.4 is 16.0 Å². The van der Waals surface area contributed by atoms with E-state index in [1.807, 2.05) is 6.92 Å². The number of carbonyl (C=O) groups is 4. The molecule has 0 radical (unpaired) electrons. The largest absolute Gasteiger partial charge is 0.453 e. The van der Waals surface area contributed by atoms with Crippen molar-refractivity contribution >= 4 is 34.7 Å². The van der Waals surface area contributed by atoms with Crippen LogP contribution in [0.4, 0.5) is 14.1 Å². The molecule has 3 unspecified atom stereocenters. The number of likely N-dealkylation sites (tertiary alicyclic amines) is 1. The van der Waals surface area contributed by atoms with E-state index in [4.69, 9.17) is 4.74 Å². The molecule has 3 atom stereocenters. The molecule has 5 amide bonds. The maximum absolute atomic E-state index is 15.1. The molecule has 0 bridgehead atoms.